The fourth-order valence-electron chi connectivity index (χ4n) is 1.81. The van der Waals surface area contributed by atoms with Crippen molar-refractivity contribution in [1.29, 1.82) is 0 Å². The molecular weight excluding hydrogens is 263 g/mol. The molecule has 0 aliphatic carbocycles. The third kappa shape index (κ3) is 16.9. The Bertz CT molecular complexity index is 267. The molecule has 6 heteroatoms. The third-order valence-electron chi connectivity index (χ3n) is 2.75. The molecule has 0 heterocycles. The molecule has 0 spiro atoms. The van der Waals surface area contributed by atoms with Crippen LogP contribution in [0, 0.1) is 0 Å². The van der Waals surface area contributed by atoms with Gasteiger partial charge in [-0.05, 0) is 13.3 Å². The fraction of sp³-hybridized carbons (Fsp3) is 1.00. The Morgan fingerprint density at radius 2 is 1.44 bits per heavy atom. The van der Waals surface area contributed by atoms with Crippen molar-refractivity contribution in [2.75, 3.05) is 0 Å². The van der Waals surface area contributed by atoms with Crippen molar-refractivity contribution in [3.8, 4) is 0 Å². The van der Waals surface area contributed by atoms with E-state index in [2.05, 4.69) is 11.1 Å². The number of unbranched alkanes of at least 4 members (excludes halogenated alkanes) is 7. The van der Waals surface area contributed by atoms with Crippen molar-refractivity contribution in [1.82, 2.24) is 0 Å². The van der Waals surface area contributed by atoms with Crippen molar-refractivity contribution in [2.45, 2.75) is 77.7 Å². The molecular formula is C12H25NaO4S. The molecule has 1 atom stereocenters. The van der Waals surface area contributed by atoms with Gasteiger partial charge in [-0.25, -0.2) is 8.42 Å². The van der Waals surface area contributed by atoms with E-state index in [-0.39, 0.29) is 29.6 Å². The van der Waals surface area contributed by atoms with Crippen LogP contribution in [-0.2, 0) is 14.6 Å². The number of hydrogen-bond acceptors (Lipinski definition) is 4. The van der Waals surface area contributed by atoms with E-state index >= 15 is 0 Å². The summed E-state index contributed by atoms with van der Waals surface area (Å²) in [6.45, 7) is 3.82. The van der Waals surface area contributed by atoms with Crippen LogP contribution in [0.1, 0.15) is 71.6 Å². The summed E-state index contributed by atoms with van der Waals surface area (Å²) >= 11 is 0. The fourth-order valence-corrected chi connectivity index (χ4v) is 2.31. The van der Waals surface area contributed by atoms with Crippen LogP contribution in [0.4, 0.5) is 0 Å². The van der Waals surface area contributed by atoms with Gasteiger partial charge in [0.15, 0.2) is 0 Å². The number of rotatable bonds is 11. The van der Waals surface area contributed by atoms with Crippen molar-refractivity contribution in [3.05, 3.63) is 0 Å². The summed E-state index contributed by atoms with van der Waals surface area (Å²) in [5.74, 6) is 0. The Morgan fingerprint density at radius 3 is 1.89 bits per heavy atom. The van der Waals surface area contributed by atoms with E-state index in [1.165, 1.54) is 38.5 Å². The second kappa shape index (κ2) is 12.9. The molecule has 0 aliphatic heterocycles. The maximum Gasteiger partial charge on any atom is 1.00 e. The number of hydrogen-bond donors (Lipinski definition) is 0. The molecule has 0 aliphatic rings. The molecule has 0 rings (SSSR count). The van der Waals surface area contributed by atoms with Gasteiger partial charge < -0.3 is 4.55 Å². The predicted octanol–water partition coefficient (Wildman–Crippen LogP) is 0.387. The molecule has 0 amide bonds. The zero-order valence-corrected chi connectivity index (χ0v) is 14.8. The van der Waals surface area contributed by atoms with Crippen molar-refractivity contribution < 1.29 is 46.7 Å². The van der Waals surface area contributed by atoms with Crippen LogP contribution >= 0.6 is 0 Å². The maximum absolute atomic E-state index is 10.3. The van der Waals surface area contributed by atoms with E-state index in [0.717, 1.165) is 12.8 Å². The monoisotopic (exact) mass is 288 g/mol. The van der Waals surface area contributed by atoms with Gasteiger partial charge in [-0.2, -0.15) is 0 Å². The van der Waals surface area contributed by atoms with Crippen LogP contribution in [0.15, 0.2) is 0 Å². The van der Waals surface area contributed by atoms with Crippen molar-refractivity contribution in [2.24, 2.45) is 0 Å². The zero-order valence-electron chi connectivity index (χ0n) is 12.0. The van der Waals surface area contributed by atoms with Crippen LogP contribution in [-0.4, -0.2) is 19.1 Å². The van der Waals surface area contributed by atoms with Gasteiger partial charge in [-0.15, -0.1) is 0 Å². The molecule has 0 aromatic carbocycles. The van der Waals surface area contributed by atoms with E-state index in [1.807, 2.05) is 0 Å². The molecule has 0 saturated carbocycles. The standard InChI is InChI=1S/C12H26O4S.Na/c1-3-4-5-6-7-8-9-10-11-12(2)16-17(13,14)15;/h12H,3-11H2,1-2H3,(H,13,14,15);/q;+1/p-1. The van der Waals surface area contributed by atoms with Crippen LogP contribution < -0.4 is 29.6 Å². The molecule has 0 aromatic heterocycles. The Balaban J connectivity index is 0. The van der Waals surface area contributed by atoms with Gasteiger partial charge in [0.1, 0.15) is 0 Å². The average Bonchev–Trinajstić information content (AvgIpc) is 2.19. The Labute approximate surface area is 134 Å². The third-order valence-corrected chi connectivity index (χ3v) is 3.31. The maximum atomic E-state index is 10.3. The van der Waals surface area contributed by atoms with Gasteiger partial charge in [0.05, 0.1) is 6.10 Å². The molecule has 0 N–H and O–H groups in total. The summed E-state index contributed by atoms with van der Waals surface area (Å²) in [6.07, 6.45) is 9.75. The van der Waals surface area contributed by atoms with Gasteiger partial charge in [0, 0.05) is 0 Å². The van der Waals surface area contributed by atoms with Gasteiger partial charge in [0.2, 0.25) is 10.4 Å². The second-order valence-electron chi connectivity index (χ2n) is 4.58. The van der Waals surface area contributed by atoms with Crippen LogP contribution in [0.5, 0.6) is 0 Å². The van der Waals surface area contributed by atoms with Crippen LogP contribution in [0.3, 0.4) is 0 Å². The topological polar surface area (TPSA) is 66.4 Å². The molecule has 0 bridgehead atoms. The molecule has 0 radical (unpaired) electrons. The average molecular weight is 288 g/mol. The predicted molar refractivity (Wildman–Crippen MR) is 67.5 cm³/mol. The Hall–Kier alpha value is 0.870. The molecule has 0 aromatic rings. The van der Waals surface area contributed by atoms with E-state index in [0.29, 0.717) is 6.42 Å². The van der Waals surface area contributed by atoms with Gasteiger partial charge in [0.25, 0.3) is 0 Å². The minimum atomic E-state index is -4.53. The van der Waals surface area contributed by atoms with Gasteiger partial charge in [-0.1, -0.05) is 58.3 Å². The van der Waals surface area contributed by atoms with E-state index in [4.69, 9.17) is 0 Å². The summed E-state index contributed by atoms with van der Waals surface area (Å²) in [5.41, 5.74) is 0. The SMILES string of the molecule is CCCCCCCCCCC(C)OS(=O)(=O)[O-].[Na+]. The van der Waals surface area contributed by atoms with Crippen molar-refractivity contribution >= 4 is 10.4 Å². The summed E-state index contributed by atoms with van der Waals surface area (Å²) in [4.78, 5) is 0. The summed E-state index contributed by atoms with van der Waals surface area (Å²) < 4.78 is 35.2. The smallest absolute Gasteiger partial charge is 0.726 e. The second-order valence-corrected chi connectivity index (χ2v) is 5.59. The molecule has 4 nitrogen and oxygen atoms in total. The molecule has 104 valence electrons. The normalized spacial score (nSPS) is 13.1. The van der Waals surface area contributed by atoms with Gasteiger partial charge in [-0.3, -0.25) is 4.18 Å². The van der Waals surface area contributed by atoms with Gasteiger partial charge >= 0.3 is 29.6 Å². The molecule has 0 fully saturated rings. The van der Waals surface area contributed by atoms with E-state index in [1.54, 1.807) is 6.92 Å². The molecule has 1 unspecified atom stereocenters. The molecule has 0 saturated heterocycles. The summed E-state index contributed by atoms with van der Waals surface area (Å²) in [6, 6.07) is 0. The first kappa shape index (κ1) is 21.2. The van der Waals surface area contributed by atoms with E-state index in [9.17, 15) is 13.0 Å². The summed E-state index contributed by atoms with van der Waals surface area (Å²) in [5, 5.41) is 0. The first-order valence-corrected chi connectivity index (χ1v) is 7.93. The van der Waals surface area contributed by atoms with Crippen molar-refractivity contribution in [3.63, 3.8) is 0 Å². The largest absolute Gasteiger partial charge is 1.00 e. The Kier molecular flexibility index (Phi) is 15.2. The van der Waals surface area contributed by atoms with Crippen LogP contribution in [0.25, 0.3) is 0 Å². The quantitative estimate of drug-likeness (QED) is 0.239. The minimum absolute atomic E-state index is 0. The summed E-state index contributed by atoms with van der Waals surface area (Å²) in [7, 11) is -4.53. The zero-order chi connectivity index (χ0) is 13.1. The molecule has 18 heavy (non-hydrogen) atoms. The Morgan fingerprint density at radius 1 is 1.00 bits per heavy atom. The first-order chi connectivity index (χ1) is 7.95. The first-order valence-electron chi connectivity index (χ1n) is 6.60. The van der Waals surface area contributed by atoms with E-state index < -0.39 is 16.5 Å². The van der Waals surface area contributed by atoms with Crippen LogP contribution in [0.2, 0.25) is 0 Å². The minimum Gasteiger partial charge on any atom is -0.726 e.